The van der Waals surface area contributed by atoms with Crippen LogP contribution in [0.2, 0.25) is 0 Å². The second-order valence-corrected chi connectivity index (χ2v) is 3.44. The molecule has 3 atom stereocenters. The molecule has 0 saturated carbocycles. The molecule has 1 heterocycles. The molecule has 0 aromatic carbocycles. The average molecular weight is 188 g/mol. The largest absolute Gasteiger partial charge is 0.392 e. The summed E-state index contributed by atoms with van der Waals surface area (Å²) in [5.74, 6) is -0.155. The summed E-state index contributed by atoms with van der Waals surface area (Å²) >= 11 is 0. The lowest BCUT2D eigenvalue weighted by molar-refractivity contribution is -0.123. The lowest BCUT2D eigenvalue weighted by atomic mass is 10.2. The van der Waals surface area contributed by atoms with Gasteiger partial charge in [0, 0.05) is 13.1 Å². The molecule has 0 bridgehead atoms. The third-order valence-corrected chi connectivity index (χ3v) is 2.00. The first-order valence-electron chi connectivity index (χ1n) is 4.47. The molecule has 13 heavy (non-hydrogen) atoms. The van der Waals surface area contributed by atoms with Crippen molar-refractivity contribution in [2.24, 2.45) is 0 Å². The highest BCUT2D eigenvalue weighted by atomic mass is 16.3. The fourth-order valence-corrected chi connectivity index (χ4v) is 1.29. The predicted octanol–water partition coefficient (Wildman–Crippen LogP) is -1.79. The molecule has 1 fully saturated rings. The van der Waals surface area contributed by atoms with E-state index in [-0.39, 0.29) is 18.5 Å². The molecule has 5 heteroatoms. The van der Waals surface area contributed by atoms with Crippen molar-refractivity contribution in [3.05, 3.63) is 0 Å². The second kappa shape index (κ2) is 4.55. The first-order valence-corrected chi connectivity index (χ1v) is 4.47. The summed E-state index contributed by atoms with van der Waals surface area (Å²) in [6.45, 7) is 2.33. The maximum absolute atomic E-state index is 11.3. The Morgan fingerprint density at radius 1 is 1.77 bits per heavy atom. The quantitative estimate of drug-likeness (QED) is 0.421. The normalized spacial score (nSPS) is 30.1. The molecule has 3 unspecified atom stereocenters. The van der Waals surface area contributed by atoms with Crippen molar-refractivity contribution >= 4 is 5.91 Å². The highest BCUT2D eigenvalue weighted by Gasteiger charge is 2.27. The maximum Gasteiger partial charge on any atom is 0.237 e. The van der Waals surface area contributed by atoms with Crippen LogP contribution in [0, 0.1) is 0 Å². The van der Waals surface area contributed by atoms with Crippen LogP contribution in [-0.4, -0.2) is 47.5 Å². The number of carbonyl (C=O) groups excluding carboxylic acids is 1. The Kier molecular flexibility index (Phi) is 3.65. The maximum atomic E-state index is 11.3. The lowest BCUT2D eigenvalue weighted by Crippen LogP contribution is -2.42. The van der Waals surface area contributed by atoms with E-state index >= 15 is 0 Å². The molecule has 0 aromatic heterocycles. The zero-order chi connectivity index (χ0) is 9.84. The van der Waals surface area contributed by atoms with Gasteiger partial charge in [-0.05, 0) is 13.3 Å². The Bertz CT molecular complexity index is 184. The SMILES string of the molecule is CC(O)CNC(=O)C1CC(O)CN1. The molecule has 5 nitrogen and oxygen atoms in total. The number of nitrogens with one attached hydrogen (secondary N) is 2. The van der Waals surface area contributed by atoms with Gasteiger partial charge >= 0.3 is 0 Å². The summed E-state index contributed by atoms with van der Waals surface area (Å²) in [6.07, 6.45) is -0.511. The molecular weight excluding hydrogens is 172 g/mol. The molecule has 0 aliphatic carbocycles. The number of aliphatic hydroxyl groups excluding tert-OH is 2. The molecule has 1 aliphatic rings. The van der Waals surface area contributed by atoms with E-state index in [0.29, 0.717) is 13.0 Å². The highest BCUT2D eigenvalue weighted by Crippen LogP contribution is 2.05. The van der Waals surface area contributed by atoms with Crippen LogP contribution in [0.3, 0.4) is 0 Å². The van der Waals surface area contributed by atoms with Gasteiger partial charge in [0.1, 0.15) is 0 Å². The van der Waals surface area contributed by atoms with Crippen LogP contribution >= 0.6 is 0 Å². The van der Waals surface area contributed by atoms with Gasteiger partial charge in [0.05, 0.1) is 18.2 Å². The minimum atomic E-state index is -0.532. The number of carbonyl (C=O) groups is 1. The smallest absolute Gasteiger partial charge is 0.237 e. The van der Waals surface area contributed by atoms with Crippen LogP contribution in [0.1, 0.15) is 13.3 Å². The number of amides is 1. The minimum Gasteiger partial charge on any atom is -0.392 e. The molecule has 4 N–H and O–H groups in total. The third kappa shape index (κ3) is 3.30. The number of β-amino-alcohol motifs (C(OH)–C–C–N with tert-alkyl or cyclic N) is 1. The summed E-state index contributed by atoms with van der Waals surface area (Å²) in [7, 11) is 0. The zero-order valence-corrected chi connectivity index (χ0v) is 7.66. The standard InChI is InChI=1S/C8H16N2O3/c1-5(11)3-10-8(13)7-2-6(12)4-9-7/h5-7,9,11-12H,2-4H2,1H3,(H,10,13). The monoisotopic (exact) mass is 188 g/mol. The van der Waals surface area contributed by atoms with Crippen molar-refractivity contribution in [3.63, 3.8) is 0 Å². The zero-order valence-electron chi connectivity index (χ0n) is 7.66. The van der Waals surface area contributed by atoms with Crippen LogP contribution < -0.4 is 10.6 Å². The number of rotatable bonds is 3. The molecule has 0 aromatic rings. The first-order chi connectivity index (χ1) is 6.09. The summed E-state index contributed by atoms with van der Waals surface area (Å²) in [5.41, 5.74) is 0. The van der Waals surface area contributed by atoms with Crippen LogP contribution in [0.25, 0.3) is 0 Å². The van der Waals surface area contributed by atoms with Crippen molar-refractivity contribution in [2.75, 3.05) is 13.1 Å². The summed E-state index contributed by atoms with van der Waals surface area (Å²) in [6, 6.07) is -0.311. The first kappa shape index (κ1) is 10.4. The van der Waals surface area contributed by atoms with E-state index in [1.165, 1.54) is 0 Å². The van der Waals surface area contributed by atoms with Gasteiger partial charge in [-0.25, -0.2) is 0 Å². The van der Waals surface area contributed by atoms with Gasteiger partial charge in [0.15, 0.2) is 0 Å². The molecule has 0 spiro atoms. The van der Waals surface area contributed by atoms with Gasteiger partial charge in [-0.2, -0.15) is 0 Å². The van der Waals surface area contributed by atoms with E-state index in [4.69, 9.17) is 10.2 Å². The van der Waals surface area contributed by atoms with E-state index in [0.717, 1.165) is 0 Å². The number of aliphatic hydroxyl groups is 2. The molecule has 0 radical (unpaired) electrons. The molecule has 1 saturated heterocycles. The van der Waals surface area contributed by atoms with E-state index in [1.54, 1.807) is 6.92 Å². The van der Waals surface area contributed by atoms with E-state index < -0.39 is 12.2 Å². The van der Waals surface area contributed by atoms with Crippen molar-refractivity contribution in [1.82, 2.24) is 10.6 Å². The average Bonchev–Trinajstić information content (AvgIpc) is 2.47. The van der Waals surface area contributed by atoms with Crippen LogP contribution in [0.15, 0.2) is 0 Å². The fraction of sp³-hybridized carbons (Fsp3) is 0.875. The van der Waals surface area contributed by atoms with Crippen LogP contribution in [0.5, 0.6) is 0 Å². The van der Waals surface area contributed by atoms with Crippen molar-refractivity contribution in [1.29, 1.82) is 0 Å². The third-order valence-electron chi connectivity index (χ3n) is 2.00. The van der Waals surface area contributed by atoms with Gasteiger partial charge in [-0.3, -0.25) is 4.79 Å². The predicted molar refractivity (Wildman–Crippen MR) is 47.1 cm³/mol. The summed E-state index contributed by atoms with van der Waals surface area (Å²) in [4.78, 5) is 11.3. The topological polar surface area (TPSA) is 81.6 Å². The van der Waals surface area contributed by atoms with Gasteiger partial charge < -0.3 is 20.8 Å². The van der Waals surface area contributed by atoms with Crippen molar-refractivity contribution < 1.29 is 15.0 Å². The summed E-state index contributed by atoms with van der Waals surface area (Å²) < 4.78 is 0. The van der Waals surface area contributed by atoms with Gasteiger partial charge in [-0.1, -0.05) is 0 Å². The lowest BCUT2D eigenvalue weighted by Gasteiger charge is -2.11. The Hall–Kier alpha value is -0.650. The fourth-order valence-electron chi connectivity index (χ4n) is 1.29. The van der Waals surface area contributed by atoms with Crippen LogP contribution in [0.4, 0.5) is 0 Å². The minimum absolute atomic E-state index is 0.155. The molecule has 1 rings (SSSR count). The Labute approximate surface area is 77.1 Å². The van der Waals surface area contributed by atoms with E-state index in [1.807, 2.05) is 0 Å². The van der Waals surface area contributed by atoms with Gasteiger partial charge in [0.25, 0.3) is 0 Å². The molecule has 76 valence electrons. The van der Waals surface area contributed by atoms with E-state index in [2.05, 4.69) is 10.6 Å². The van der Waals surface area contributed by atoms with Crippen LogP contribution in [-0.2, 0) is 4.79 Å². The van der Waals surface area contributed by atoms with E-state index in [9.17, 15) is 4.79 Å². The highest BCUT2D eigenvalue weighted by molar-refractivity contribution is 5.82. The Balaban J connectivity index is 2.24. The second-order valence-electron chi connectivity index (χ2n) is 3.44. The number of hydrogen-bond donors (Lipinski definition) is 4. The van der Waals surface area contributed by atoms with Crippen molar-refractivity contribution in [3.8, 4) is 0 Å². The van der Waals surface area contributed by atoms with Gasteiger partial charge in [-0.15, -0.1) is 0 Å². The summed E-state index contributed by atoms with van der Waals surface area (Å²) in [5, 5.41) is 23.5. The van der Waals surface area contributed by atoms with Crippen molar-refractivity contribution in [2.45, 2.75) is 31.6 Å². The molecule has 1 amide bonds. The molecular formula is C8H16N2O3. The number of hydrogen-bond acceptors (Lipinski definition) is 4. The Morgan fingerprint density at radius 2 is 2.46 bits per heavy atom. The Morgan fingerprint density at radius 3 is 2.92 bits per heavy atom. The van der Waals surface area contributed by atoms with Gasteiger partial charge in [0.2, 0.25) is 5.91 Å². The molecule has 1 aliphatic heterocycles.